The summed E-state index contributed by atoms with van der Waals surface area (Å²) in [6, 6.07) is 1.68. The van der Waals surface area contributed by atoms with E-state index in [9.17, 15) is 8.42 Å². The van der Waals surface area contributed by atoms with Gasteiger partial charge in [-0.1, -0.05) is 6.92 Å². The minimum atomic E-state index is -3.35. The SMILES string of the molecule is CCCN(CC1CCNCC1)S(=O)(=O)c1ccn(C)c1. The van der Waals surface area contributed by atoms with E-state index < -0.39 is 10.0 Å². The van der Waals surface area contributed by atoms with Crippen molar-refractivity contribution >= 4 is 10.0 Å². The fourth-order valence-electron chi connectivity index (χ4n) is 2.69. The molecule has 1 aliphatic rings. The predicted octanol–water partition coefficient (Wildman–Crippen LogP) is 1.43. The molecule has 0 amide bonds. The molecular formula is C14H25N3O2S. The van der Waals surface area contributed by atoms with Gasteiger partial charge in [-0.15, -0.1) is 0 Å². The van der Waals surface area contributed by atoms with Crippen molar-refractivity contribution in [3.63, 3.8) is 0 Å². The van der Waals surface area contributed by atoms with Crippen LogP contribution in [0.1, 0.15) is 26.2 Å². The summed E-state index contributed by atoms with van der Waals surface area (Å²) < 4.78 is 28.9. The van der Waals surface area contributed by atoms with Crippen LogP contribution >= 0.6 is 0 Å². The highest BCUT2D eigenvalue weighted by Gasteiger charge is 2.27. The van der Waals surface area contributed by atoms with Crippen LogP contribution in [0.5, 0.6) is 0 Å². The van der Waals surface area contributed by atoms with Gasteiger partial charge < -0.3 is 9.88 Å². The van der Waals surface area contributed by atoms with E-state index in [2.05, 4.69) is 5.32 Å². The van der Waals surface area contributed by atoms with Crippen molar-refractivity contribution in [3.05, 3.63) is 18.5 Å². The number of rotatable bonds is 6. The Hall–Kier alpha value is -0.850. The van der Waals surface area contributed by atoms with Gasteiger partial charge in [0.1, 0.15) is 0 Å². The Labute approximate surface area is 122 Å². The first kappa shape index (κ1) is 15.5. The van der Waals surface area contributed by atoms with E-state index in [1.807, 2.05) is 14.0 Å². The molecule has 0 aromatic carbocycles. The second-order valence-corrected chi connectivity index (χ2v) is 7.51. The van der Waals surface area contributed by atoms with Crippen LogP contribution in [0.2, 0.25) is 0 Å². The third-order valence-electron chi connectivity index (χ3n) is 3.84. The Morgan fingerprint density at radius 2 is 2.10 bits per heavy atom. The molecule has 1 aromatic rings. The lowest BCUT2D eigenvalue weighted by Gasteiger charge is -2.29. The number of piperidine rings is 1. The van der Waals surface area contributed by atoms with Gasteiger partial charge in [-0.05, 0) is 44.3 Å². The summed E-state index contributed by atoms with van der Waals surface area (Å²) in [7, 11) is -1.51. The van der Waals surface area contributed by atoms with Crippen LogP contribution in [-0.4, -0.2) is 43.5 Å². The standard InChI is InChI=1S/C14H25N3O2S/c1-3-9-17(11-13-4-7-15-8-5-13)20(18,19)14-6-10-16(2)12-14/h6,10,12-13,15H,3-5,7-9,11H2,1-2H3. The van der Waals surface area contributed by atoms with Gasteiger partial charge in [-0.25, -0.2) is 8.42 Å². The van der Waals surface area contributed by atoms with E-state index >= 15 is 0 Å². The van der Waals surface area contributed by atoms with E-state index in [1.165, 1.54) is 0 Å². The van der Waals surface area contributed by atoms with E-state index in [0.29, 0.717) is 23.9 Å². The molecule has 1 saturated heterocycles. The van der Waals surface area contributed by atoms with Gasteiger partial charge in [-0.3, -0.25) is 0 Å². The number of nitrogens with zero attached hydrogens (tertiary/aromatic N) is 2. The number of nitrogens with one attached hydrogen (secondary N) is 1. The minimum Gasteiger partial charge on any atom is -0.356 e. The highest BCUT2D eigenvalue weighted by atomic mass is 32.2. The van der Waals surface area contributed by atoms with Crippen molar-refractivity contribution in [1.82, 2.24) is 14.2 Å². The lowest BCUT2D eigenvalue weighted by Crippen LogP contribution is -2.39. The zero-order valence-electron chi connectivity index (χ0n) is 12.4. The van der Waals surface area contributed by atoms with Gasteiger partial charge in [0.25, 0.3) is 0 Å². The summed E-state index contributed by atoms with van der Waals surface area (Å²) >= 11 is 0. The van der Waals surface area contributed by atoms with Crippen molar-refractivity contribution in [2.24, 2.45) is 13.0 Å². The molecule has 0 unspecified atom stereocenters. The van der Waals surface area contributed by atoms with Crippen molar-refractivity contribution in [2.45, 2.75) is 31.1 Å². The fourth-order valence-corrected chi connectivity index (χ4v) is 4.35. The minimum absolute atomic E-state index is 0.405. The molecule has 1 aliphatic heterocycles. The number of hydrogen-bond acceptors (Lipinski definition) is 3. The van der Waals surface area contributed by atoms with Crippen molar-refractivity contribution < 1.29 is 8.42 Å². The number of sulfonamides is 1. The first-order chi connectivity index (χ1) is 9.54. The van der Waals surface area contributed by atoms with Crippen LogP contribution in [0.4, 0.5) is 0 Å². The fraction of sp³-hybridized carbons (Fsp3) is 0.714. The number of aryl methyl sites for hydroxylation is 1. The van der Waals surface area contributed by atoms with Gasteiger partial charge in [0.2, 0.25) is 10.0 Å². The summed E-state index contributed by atoms with van der Waals surface area (Å²) in [6.45, 7) is 5.26. The Bertz CT molecular complexity index is 518. The first-order valence-electron chi connectivity index (χ1n) is 7.37. The third kappa shape index (κ3) is 3.62. The van der Waals surface area contributed by atoms with E-state index in [-0.39, 0.29) is 0 Å². The molecule has 5 nitrogen and oxygen atoms in total. The maximum atomic E-state index is 12.7. The second-order valence-electron chi connectivity index (χ2n) is 5.57. The van der Waals surface area contributed by atoms with Gasteiger partial charge in [0.05, 0.1) is 4.90 Å². The van der Waals surface area contributed by atoms with Gasteiger partial charge >= 0.3 is 0 Å². The van der Waals surface area contributed by atoms with Gasteiger partial charge in [-0.2, -0.15) is 4.31 Å². The molecule has 0 radical (unpaired) electrons. The van der Waals surface area contributed by atoms with Gasteiger partial charge in [0, 0.05) is 32.5 Å². The summed E-state index contributed by atoms with van der Waals surface area (Å²) in [4.78, 5) is 0.405. The summed E-state index contributed by atoms with van der Waals surface area (Å²) in [5, 5.41) is 3.32. The van der Waals surface area contributed by atoms with Crippen LogP contribution in [0.15, 0.2) is 23.4 Å². The normalized spacial score (nSPS) is 17.8. The lowest BCUT2D eigenvalue weighted by atomic mass is 9.98. The molecular weight excluding hydrogens is 274 g/mol. The van der Waals surface area contributed by atoms with Crippen molar-refractivity contribution in [1.29, 1.82) is 0 Å². The Morgan fingerprint density at radius 3 is 2.65 bits per heavy atom. The molecule has 1 aromatic heterocycles. The summed E-state index contributed by atoms with van der Waals surface area (Å²) in [5.41, 5.74) is 0. The highest BCUT2D eigenvalue weighted by Crippen LogP contribution is 2.21. The largest absolute Gasteiger partial charge is 0.356 e. The van der Waals surface area contributed by atoms with E-state index in [1.54, 1.807) is 27.3 Å². The first-order valence-corrected chi connectivity index (χ1v) is 8.81. The van der Waals surface area contributed by atoms with Crippen molar-refractivity contribution in [2.75, 3.05) is 26.2 Å². The highest BCUT2D eigenvalue weighted by molar-refractivity contribution is 7.89. The number of aromatic nitrogens is 1. The molecule has 0 saturated carbocycles. The molecule has 114 valence electrons. The smallest absolute Gasteiger partial charge is 0.244 e. The Morgan fingerprint density at radius 1 is 1.40 bits per heavy atom. The lowest BCUT2D eigenvalue weighted by molar-refractivity contribution is 0.288. The summed E-state index contributed by atoms with van der Waals surface area (Å²) in [5.74, 6) is 0.473. The van der Waals surface area contributed by atoms with E-state index in [0.717, 1.165) is 32.4 Å². The molecule has 6 heteroatoms. The maximum absolute atomic E-state index is 12.7. The van der Waals surface area contributed by atoms with Crippen molar-refractivity contribution in [3.8, 4) is 0 Å². The van der Waals surface area contributed by atoms with Crippen LogP contribution in [0, 0.1) is 5.92 Å². The molecule has 2 rings (SSSR count). The maximum Gasteiger partial charge on any atom is 0.244 e. The van der Waals surface area contributed by atoms with Crippen LogP contribution in [-0.2, 0) is 17.1 Å². The average Bonchev–Trinajstić information content (AvgIpc) is 2.87. The van der Waals surface area contributed by atoms with Crippen LogP contribution in [0.25, 0.3) is 0 Å². The summed E-state index contributed by atoms with van der Waals surface area (Å²) in [6.07, 6.45) is 6.42. The molecule has 1 fully saturated rings. The zero-order valence-corrected chi connectivity index (χ0v) is 13.2. The topological polar surface area (TPSA) is 54.3 Å². The third-order valence-corrected chi connectivity index (χ3v) is 5.68. The molecule has 0 spiro atoms. The second kappa shape index (κ2) is 6.74. The number of hydrogen-bond donors (Lipinski definition) is 1. The predicted molar refractivity (Wildman–Crippen MR) is 80.1 cm³/mol. The molecule has 1 N–H and O–H groups in total. The van der Waals surface area contributed by atoms with E-state index in [4.69, 9.17) is 0 Å². The Kier molecular flexibility index (Phi) is 5.23. The molecule has 2 heterocycles. The van der Waals surface area contributed by atoms with Gasteiger partial charge in [0.15, 0.2) is 0 Å². The quantitative estimate of drug-likeness (QED) is 0.864. The van der Waals surface area contributed by atoms with Crippen LogP contribution < -0.4 is 5.32 Å². The zero-order chi connectivity index (χ0) is 14.6. The Balaban J connectivity index is 2.14. The molecule has 20 heavy (non-hydrogen) atoms. The molecule has 0 atom stereocenters. The average molecular weight is 299 g/mol. The molecule has 0 aliphatic carbocycles. The van der Waals surface area contributed by atoms with Crippen LogP contribution in [0.3, 0.4) is 0 Å². The molecule has 0 bridgehead atoms. The monoisotopic (exact) mass is 299 g/mol.